The summed E-state index contributed by atoms with van der Waals surface area (Å²) in [6.07, 6.45) is -0.519. The number of carbonyl (C=O) groups is 2. The van der Waals surface area contributed by atoms with Crippen molar-refractivity contribution >= 4 is 39.3 Å². The molecular formula is C15H18BrN3O3. The first-order valence-electron chi connectivity index (χ1n) is 6.85. The van der Waals surface area contributed by atoms with Crippen LogP contribution in [-0.2, 0) is 9.53 Å². The molecule has 0 saturated carbocycles. The van der Waals surface area contributed by atoms with E-state index in [1.165, 1.54) is 0 Å². The van der Waals surface area contributed by atoms with E-state index >= 15 is 0 Å². The zero-order valence-electron chi connectivity index (χ0n) is 12.7. The Balaban J connectivity index is 1.98. The van der Waals surface area contributed by atoms with E-state index in [9.17, 15) is 9.59 Å². The molecule has 118 valence electrons. The van der Waals surface area contributed by atoms with Gasteiger partial charge in [-0.15, -0.1) is 0 Å². The standard InChI is InChI=1S/C15H18BrN3O3/c1-15(2,3)22-14(21)19-9-12(8-13(19)20)18-17-11-6-4-10(16)5-7-11/h4-7,17H,8-9H2,1-3H3/b18-12+. The van der Waals surface area contributed by atoms with E-state index in [-0.39, 0.29) is 18.9 Å². The number of likely N-dealkylation sites (tertiary alicyclic amines) is 1. The maximum absolute atomic E-state index is 11.9. The van der Waals surface area contributed by atoms with Crippen LogP contribution in [0.15, 0.2) is 33.8 Å². The van der Waals surface area contributed by atoms with Crippen LogP contribution >= 0.6 is 15.9 Å². The Morgan fingerprint density at radius 2 is 1.95 bits per heavy atom. The lowest BCUT2D eigenvalue weighted by Gasteiger charge is -2.22. The van der Waals surface area contributed by atoms with Gasteiger partial charge in [-0.2, -0.15) is 5.10 Å². The van der Waals surface area contributed by atoms with Crippen molar-refractivity contribution in [3.63, 3.8) is 0 Å². The molecule has 1 aromatic rings. The van der Waals surface area contributed by atoms with Gasteiger partial charge < -0.3 is 4.74 Å². The molecule has 0 aliphatic carbocycles. The molecule has 22 heavy (non-hydrogen) atoms. The fraction of sp³-hybridized carbons (Fsp3) is 0.400. The second-order valence-corrected chi connectivity index (χ2v) is 6.85. The molecule has 1 N–H and O–H groups in total. The second-order valence-electron chi connectivity index (χ2n) is 5.93. The molecule has 1 aliphatic rings. The molecule has 2 amide bonds. The summed E-state index contributed by atoms with van der Waals surface area (Å²) in [5, 5.41) is 4.18. The molecule has 1 fully saturated rings. The van der Waals surface area contributed by atoms with E-state index in [0.717, 1.165) is 15.1 Å². The van der Waals surface area contributed by atoms with Crippen molar-refractivity contribution in [2.75, 3.05) is 12.0 Å². The van der Waals surface area contributed by atoms with Crippen molar-refractivity contribution in [3.05, 3.63) is 28.7 Å². The number of hydrazone groups is 1. The monoisotopic (exact) mass is 367 g/mol. The molecule has 0 atom stereocenters. The fourth-order valence-electron chi connectivity index (χ4n) is 1.82. The molecule has 1 saturated heterocycles. The Bertz CT molecular complexity index is 605. The SMILES string of the molecule is CC(C)(C)OC(=O)N1C/C(=N/Nc2ccc(Br)cc2)CC1=O. The van der Waals surface area contributed by atoms with Gasteiger partial charge in [0, 0.05) is 4.47 Å². The van der Waals surface area contributed by atoms with Crippen molar-refractivity contribution in [3.8, 4) is 0 Å². The number of hydrogen-bond donors (Lipinski definition) is 1. The lowest BCUT2D eigenvalue weighted by atomic mass is 10.2. The normalized spacial score (nSPS) is 17.0. The largest absolute Gasteiger partial charge is 0.443 e. The summed E-state index contributed by atoms with van der Waals surface area (Å²) in [5.41, 5.74) is 3.65. The highest BCUT2D eigenvalue weighted by molar-refractivity contribution is 9.10. The van der Waals surface area contributed by atoms with Gasteiger partial charge in [0.05, 0.1) is 24.4 Å². The van der Waals surface area contributed by atoms with Crippen LogP contribution in [-0.4, -0.2) is 34.8 Å². The summed E-state index contributed by atoms with van der Waals surface area (Å²) in [6, 6.07) is 7.48. The minimum Gasteiger partial charge on any atom is -0.443 e. The van der Waals surface area contributed by atoms with Crippen LogP contribution in [0.4, 0.5) is 10.5 Å². The van der Waals surface area contributed by atoms with Crippen LogP contribution in [0.3, 0.4) is 0 Å². The highest BCUT2D eigenvalue weighted by atomic mass is 79.9. The molecular weight excluding hydrogens is 350 g/mol. The maximum Gasteiger partial charge on any atom is 0.417 e. The number of carbonyl (C=O) groups excluding carboxylic acids is 2. The van der Waals surface area contributed by atoms with E-state index < -0.39 is 11.7 Å². The van der Waals surface area contributed by atoms with Crippen molar-refractivity contribution in [2.45, 2.75) is 32.8 Å². The number of anilines is 1. The van der Waals surface area contributed by atoms with Gasteiger partial charge >= 0.3 is 6.09 Å². The molecule has 2 rings (SSSR count). The van der Waals surface area contributed by atoms with Crippen LogP contribution in [0.1, 0.15) is 27.2 Å². The molecule has 1 aromatic carbocycles. The smallest absolute Gasteiger partial charge is 0.417 e. The number of hydrogen-bond acceptors (Lipinski definition) is 5. The molecule has 0 bridgehead atoms. The summed E-state index contributed by atoms with van der Waals surface area (Å²) >= 11 is 3.35. The first-order chi connectivity index (χ1) is 10.2. The van der Waals surface area contributed by atoms with E-state index in [0.29, 0.717) is 5.71 Å². The van der Waals surface area contributed by atoms with Crippen LogP contribution < -0.4 is 5.43 Å². The highest BCUT2D eigenvalue weighted by Crippen LogP contribution is 2.17. The summed E-state index contributed by atoms with van der Waals surface area (Å²) in [4.78, 5) is 24.9. The Labute approximate surface area is 137 Å². The third-order valence-electron chi connectivity index (χ3n) is 2.80. The number of rotatable bonds is 2. The highest BCUT2D eigenvalue weighted by Gasteiger charge is 2.34. The number of ether oxygens (including phenoxy) is 1. The van der Waals surface area contributed by atoms with Gasteiger partial charge in [0.2, 0.25) is 5.91 Å². The molecule has 0 unspecified atom stereocenters. The number of nitrogens with one attached hydrogen (secondary N) is 1. The van der Waals surface area contributed by atoms with Crippen molar-refractivity contribution in [1.82, 2.24) is 4.90 Å². The predicted octanol–water partition coefficient (Wildman–Crippen LogP) is 3.38. The topological polar surface area (TPSA) is 71.0 Å². The summed E-state index contributed by atoms with van der Waals surface area (Å²) in [6.45, 7) is 5.43. The molecule has 0 radical (unpaired) electrons. The van der Waals surface area contributed by atoms with Gasteiger partial charge in [-0.25, -0.2) is 9.69 Å². The van der Waals surface area contributed by atoms with Gasteiger partial charge in [-0.05, 0) is 45.0 Å². The minimum atomic E-state index is -0.633. The molecule has 0 aromatic heterocycles. The lowest BCUT2D eigenvalue weighted by Crippen LogP contribution is -2.37. The number of halogens is 1. The third-order valence-corrected chi connectivity index (χ3v) is 3.33. The van der Waals surface area contributed by atoms with Gasteiger partial charge in [0.1, 0.15) is 5.60 Å². The second kappa shape index (κ2) is 6.48. The van der Waals surface area contributed by atoms with E-state index in [2.05, 4.69) is 26.5 Å². The Kier molecular flexibility index (Phi) is 4.85. The number of nitrogens with zero attached hydrogens (tertiary/aromatic N) is 2. The van der Waals surface area contributed by atoms with Crippen molar-refractivity contribution in [1.29, 1.82) is 0 Å². The summed E-state index contributed by atoms with van der Waals surface area (Å²) < 4.78 is 6.17. The Hall–Kier alpha value is -1.89. The Morgan fingerprint density at radius 3 is 2.55 bits per heavy atom. The molecule has 6 nitrogen and oxygen atoms in total. The molecule has 7 heteroatoms. The van der Waals surface area contributed by atoms with Gasteiger partial charge in [0.15, 0.2) is 0 Å². The average molecular weight is 368 g/mol. The van der Waals surface area contributed by atoms with Crippen molar-refractivity contribution in [2.24, 2.45) is 5.10 Å². The van der Waals surface area contributed by atoms with E-state index in [1.807, 2.05) is 24.3 Å². The van der Waals surface area contributed by atoms with Crippen LogP contribution in [0.2, 0.25) is 0 Å². The van der Waals surface area contributed by atoms with E-state index in [4.69, 9.17) is 4.74 Å². The Morgan fingerprint density at radius 1 is 1.32 bits per heavy atom. The summed E-state index contributed by atoms with van der Waals surface area (Å²) in [7, 11) is 0. The number of imide groups is 1. The number of amides is 2. The number of benzene rings is 1. The first-order valence-corrected chi connectivity index (χ1v) is 7.64. The molecule has 1 heterocycles. The van der Waals surface area contributed by atoms with Crippen LogP contribution in [0.5, 0.6) is 0 Å². The van der Waals surface area contributed by atoms with Gasteiger partial charge in [0.25, 0.3) is 0 Å². The van der Waals surface area contributed by atoms with E-state index in [1.54, 1.807) is 20.8 Å². The third kappa shape index (κ3) is 4.56. The summed E-state index contributed by atoms with van der Waals surface area (Å²) in [5.74, 6) is -0.300. The first kappa shape index (κ1) is 16.5. The zero-order chi connectivity index (χ0) is 16.3. The molecule has 1 aliphatic heterocycles. The van der Waals surface area contributed by atoms with Gasteiger partial charge in [-0.1, -0.05) is 15.9 Å². The minimum absolute atomic E-state index is 0.114. The fourth-order valence-corrected chi connectivity index (χ4v) is 2.09. The maximum atomic E-state index is 11.9. The van der Waals surface area contributed by atoms with Crippen molar-refractivity contribution < 1.29 is 14.3 Å². The lowest BCUT2D eigenvalue weighted by molar-refractivity contribution is -0.126. The average Bonchev–Trinajstić information content (AvgIpc) is 2.77. The van der Waals surface area contributed by atoms with Crippen LogP contribution in [0, 0.1) is 0 Å². The van der Waals surface area contributed by atoms with Gasteiger partial charge in [-0.3, -0.25) is 10.2 Å². The quantitative estimate of drug-likeness (QED) is 0.813. The van der Waals surface area contributed by atoms with Crippen LogP contribution in [0.25, 0.3) is 0 Å². The predicted molar refractivity (Wildman–Crippen MR) is 87.8 cm³/mol. The zero-order valence-corrected chi connectivity index (χ0v) is 14.3. The molecule has 0 spiro atoms.